The predicted octanol–water partition coefficient (Wildman–Crippen LogP) is 20.8. The Labute approximate surface area is 812 Å². The van der Waals surface area contributed by atoms with Gasteiger partial charge in [0, 0.05) is 118 Å². The summed E-state index contributed by atoms with van der Waals surface area (Å²) in [7, 11) is 1.47. The van der Waals surface area contributed by atoms with Crippen molar-refractivity contribution in [1.82, 2.24) is 98.7 Å². The number of carbonyl (C=O) groups excluding carboxylic acids is 4. The van der Waals surface area contributed by atoms with Crippen molar-refractivity contribution in [1.29, 1.82) is 5.26 Å². The summed E-state index contributed by atoms with van der Waals surface area (Å²) in [5.74, 6) is -2.78. The zero-order chi connectivity index (χ0) is 105. The number of rotatable bonds is 23. The van der Waals surface area contributed by atoms with Crippen molar-refractivity contribution in [2.75, 3.05) is 7.11 Å². The van der Waals surface area contributed by atoms with E-state index >= 15 is 0 Å². The minimum absolute atomic E-state index is 0.0169. The molecule has 44 heteroatoms. The van der Waals surface area contributed by atoms with E-state index in [0.717, 1.165) is 88.4 Å². The van der Waals surface area contributed by atoms with Gasteiger partial charge in [0.1, 0.15) is 49.3 Å². The molecule has 2 N–H and O–H groups in total. The van der Waals surface area contributed by atoms with Crippen LogP contribution in [0, 0.1) is 64.5 Å². The Morgan fingerprint density at radius 2 is 0.722 bits per heavy atom. The number of allylic oxidation sites excluding steroid dienone is 1. The normalized spacial score (nSPS) is 12.1. The van der Waals surface area contributed by atoms with E-state index in [1.165, 1.54) is 132 Å². The first-order valence-corrected chi connectivity index (χ1v) is 42.9. The third-order valence-electron chi connectivity index (χ3n) is 19.3. The number of benzene rings is 5. The summed E-state index contributed by atoms with van der Waals surface area (Å²) in [6, 6.07) is 36.5. The first-order chi connectivity index (χ1) is 68.0. The fourth-order valence-corrected chi connectivity index (χ4v) is 13.3. The molecule has 0 atom stereocenters. The molecule has 0 unspecified atom stereocenters. The van der Waals surface area contributed by atoms with Gasteiger partial charge in [-0.05, 0) is 227 Å². The molecule has 0 radical (unpaired) electrons. The van der Waals surface area contributed by atoms with Crippen LogP contribution in [0.25, 0.3) is 116 Å². The Hall–Kier alpha value is -17.6. The summed E-state index contributed by atoms with van der Waals surface area (Å²) < 4.78 is 212. The summed E-state index contributed by atoms with van der Waals surface area (Å²) in [6.07, 6.45) is 5.07. The van der Waals surface area contributed by atoms with Crippen LogP contribution in [0.4, 0.5) is 61.5 Å². The number of halogens is 14. The van der Waals surface area contributed by atoms with E-state index in [1.807, 2.05) is 32.0 Å². The van der Waals surface area contributed by atoms with E-state index in [-0.39, 0.29) is 96.8 Å². The Kier molecular flexibility index (Phi) is 34.8. The number of primary amides is 1. The molecular weight excluding hydrogens is 1900 g/mol. The number of esters is 3. The molecule has 15 aromatic rings. The zero-order valence-corrected chi connectivity index (χ0v) is 78.5. The molecule has 0 fully saturated rings. The first-order valence-electron chi connectivity index (χ1n) is 42.9. The van der Waals surface area contributed by atoms with Gasteiger partial charge in [0.2, 0.25) is 5.88 Å². The van der Waals surface area contributed by atoms with Gasteiger partial charge in [-0.1, -0.05) is 29.3 Å². The maximum Gasteiger partial charge on any atom is 0.416 e. The van der Waals surface area contributed by atoms with Crippen molar-refractivity contribution < 1.29 is 99.6 Å². The van der Waals surface area contributed by atoms with Crippen molar-refractivity contribution in [2.24, 2.45) is 5.73 Å². The van der Waals surface area contributed by atoms with Gasteiger partial charge in [0.15, 0.2) is 29.1 Å². The summed E-state index contributed by atoms with van der Waals surface area (Å²) in [4.78, 5) is 89.5. The van der Waals surface area contributed by atoms with Gasteiger partial charge in [0.25, 0.3) is 5.91 Å². The van der Waals surface area contributed by atoms with Gasteiger partial charge >= 0.3 is 42.6 Å². The number of hydrogen-bond donors (Lipinski definition) is 1. The Morgan fingerprint density at radius 1 is 0.368 bits per heavy atom. The van der Waals surface area contributed by atoms with Gasteiger partial charge < -0.3 is 24.7 Å². The molecule has 0 bridgehead atoms. The molecule has 0 saturated heterocycles. The Bertz CT molecular complexity index is 7300. The second kappa shape index (κ2) is 46.9. The molecule has 0 spiro atoms. The lowest BCUT2D eigenvalue weighted by Gasteiger charge is -2.11. The molecule has 5 aromatic carbocycles. The maximum absolute atomic E-state index is 13.9. The van der Waals surface area contributed by atoms with Crippen LogP contribution in [-0.2, 0) is 58.1 Å². The lowest BCUT2D eigenvalue weighted by Crippen LogP contribution is -2.14. The van der Waals surface area contributed by atoms with Gasteiger partial charge in [-0.2, -0.15) is 57.9 Å². The van der Waals surface area contributed by atoms with E-state index in [4.69, 9.17) is 24.7 Å². The van der Waals surface area contributed by atoms with Gasteiger partial charge in [-0.15, -0.1) is 25.5 Å². The van der Waals surface area contributed by atoms with Crippen LogP contribution in [0.2, 0.25) is 0 Å². The maximum atomic E-state index is 13.9. The van der Waals surface area contributed by atoms with E-state index in [0.29, 0.717) is 50.8 Å². The van der Waals surface area contributed by atoms with Gasteiger partial charge in [0.05, 0.1) is 99.8 Å². The number of nitriles is 1. The molecule has 742 valence electrons. The monoisotopic (exact) mass is 1990 g/mol. The summed E-state index contributed by atoms with van der Waals surface area (Å²) in [5, 5.41) is 30.3. The number of hydrogen-bond acceptors (Lipinski definition) is 24. The lowest BCUT2D eigenvalue weighted by molar-refractivity contribution is -0.141. The predicted molar refractivity (Wildman–Crippen MR) is 503 cm³/mol. The van der Waals surface area contributed by atoms with Crippen molar-refractivity contribution in [2.45, 2.75) is 126 Å². The van der Waals surface area contributed by atoms with E-state index < -0.39 is 88.5 Å². The number of aryl methyl sites for hydroxylation is 6. The largest absolute Gasteiger partial charge is 0.481 e. The number of carbonyl (C=O) groups is 4. The fraction of sp³-hybridized carbons (Fsp3) is 0.200. The number of alkyl halides is 12. The summed E-state index contributed by atoms with van der Waals surface area (Å²) in [5.41, 5.74) is 10.0. The number of nitrogens with zero attached hydrogens (tertiary/aromatic N) is 21. The second-order valence-electron chi connectivity index (χ2n) is 32.3. The van der Waals surface area contributed by atoms with Crippen molar-refractivity contribution in [3.05, 3.63) is 322 Å². The quantitative estimate of drug-likeness (QED) is 0.0204. The van der Waals surface area contributed by atoms with Crippen LogP contribution in [0.1, 0.15) is 125 Å². The molecule has 0 aliphatic heterocycles. The van der Waals surface area contributed by atoms with Crippen LogP contribution < -0.4 is 10.5 Å². The highest BCUT2D eigenvalue weighted by Crippen LogP contribution is 2.38. The third kappa shape index (κ3) is 30.2. The van der Waals surface area contributed by atoms with E-state index in [1.54, 1.807) is 135 Å². The summed E-state index contributed by atoms with van der Waals surface area (Å²) >= 11 is 0. The van der Waals surface area contributed by atoms with Crippen molar-refractivity contribution in [3.8, 4) is 68.9 Å². The van der Waals surface area contributed by atoms with Gasteiger partial charge in [-0.3, -0.25) is 24.7 Å². The smallest absolute Gasteiger partial charge is 0.416 e. The SMILES string of the molecule is COc1ccc(/C(=C\n2cnc(-c3cc(C)cc(C(F)(F)F)c3)n2)C(=O)OC(C)C)cn1.Cc1cc(-c2ncn(/C=C(/C(=O)OC(C)C)c3cccnc3)n2)cc(C(F)(F)F)c1.Cc1cc(-c2ncn(/C=C(/C(=O)OC(C)C)c3cncc(F)c3)n2)cc(C(F)(F)F)c1.Cc1cc(-c2ncn(C=C(C#N)c3ccccn3)n2)cc(C(F)(F)F)c1.Cc1cc(C)cc(-c2ncn(/C=C(/C(N)=O)c3ccncc3F)n2)c1. The van der Waals surface area contributed by atoms with Crippen LogP contribution in [0.5, 0.6) is 5.88 Å². The molecule has 1 amide bonds. The van der Waals surface area contributed by atoms with Crippen LogP contribution >= 0.6 is 0 Å². The molecule has 0 saturated carbocycles. The highest BCUT2D eigenvalue weighted by Gasteiger charge is 2.36. The molecule has 144 heavy (non-hydrogen) atoms. The molecule has 0 aliphatic carbocycles. The number of pyridine rings is 5. The van der Waals surface area contributed by atoms with E-state index in [2.05, 4.69) is 81.4 Å². The Morgan fingerprint density at radius 3 is 1.04 bits per heavy atom. The lowest BCUT2D eigenvalue weighted by atomic mass is 10.1. The highest BCUT2D eigenvalue weighted by atomic mass is 19.4. The minimum Gasteiger partial charge on any atom is -0.481 e. The summed E-state index contributed by atoms with van der Waals surface area (Å²) in [6.45, 7) is 20.4. The molecule has 10 aromatic heterocycles. The van der Waals surface area contributed by atoms with Crippen LogP contribution in [0.15, 0.2) is 227 Å². The van der Waals surface area contributed by atoms with Gasteiger partial charge in [-0.25, -0.2) is 76.5 Å². The molecule has 15 rings (SSSR count). The molecule has 0 aliphatic rings. The average molecular weight is 1990 g/mol. The Balaban J connectivity index is 0.000000172. The first kappa shape index (κ1) is 107. The van der Waals surface area contributed by atoms with Crippen LogP contribution in [0.3, 0.4) is 0 Å². The molecule has 10 heterocycles. The van der Waals surface area contributed by atoms with Crippen LogP contribution in [-0.4, -0.2) is 148 Å². The standard InChI is InChI=1S/C22H21F3N4O3.C21H18F4N4O2.C21H19F3N4O2.C18H12F3N5.C18H16FN5O/c1-13(2)32-21(30)18(15-5-6-19(31-4)26-10-15)11-29-12-27-20(28-29)16-7-14(3)8-17(9-16)22(23,24)25;1-12(2)31-20(30)18(15-7-17(22)9-26-8-15)10-29-11-27-19(28-29)14-4-13(3)5-16(6-14)21(23,24)25;1-13(2)30-20(29)18(15-5-4-6-25-10-15)11-28-12-26-19(27-28)16-7-14(3)8-17(9-16)21(22,23)24;1-12-6-13(8-15(7-12)18(19,20)21)17-24-11-26(25-17)10-14(9-22)16-4-2-3-5-23-16;1-11-5-12(2)7-13(6-11)18-22-10-24(23-18)9-15(17(20)25)14-3-4-21-8-16(14)19/h5-13H,1-4H3;4-12H,1-3H3;4-13H,1-3H3;2-8,10-11H,1H3;3-10H,1-2H3,(H2,20,25)/b18-11+;18-10+;18-11+;;15-9+. The van der Waals surface area contributed by atoms with E-state index in [9.17, 15) is 85.9 Å². The molecular formula is C100H86F14N22O8. The number of methoxy groups -OCH3 is 1. The average Bonchev–Trinajstić information content (AvgIpc) is 1.59. The zero-order valence-electron chi connectivity index (χ0n) is 78.5. The second-order valence-corrected chi connectivity index (χ2v) is 32.3. The minimum atomic E-state index is -4.51. The fourth-order valence-electron chi connectivity index (χ4n) is 13.3. The van der Waals surface area contributed by atoms with Crippen molar-refractivity contribution in [3.63, 3.8) is 0 Å². The number of amides is 1. The van der Waals surface area contributed by atoms with Crippen molar-refractivity contribution >= 4 is 82.7 Å². The number of ether oxygens (including phenoxy) is 4. The number of aromatic nitrogens is 20. The molecule has 30 nitrogen and oxygen atoms in total. The number of nitrogens with two attached hydrogens (primary N) is 1. The third-order valence-corrected chi connectivity index (χ3v) is 19.3. The topological polar surface area (TPSA) is 373 Å². The highest BCUT2D eigenvalue weighted by molar-refractivity contribution is 6.23.